The highest BCUT2D eigenvalue weighted by Gasteiger charge is 2.20. The van der Waals surface area contributed by atoms with Gasteiger partial charge in [-0.2, -0.15) is 5.10 Å². The number of halogens is 1. The Kier molecular flexibility index (Phi) is 7.04. The van der Waals surface area contributed by atoms with E-state index in [1.807, 2.05) is 65.5 Å². The third-order valence-electron chi connectivity index (χ3n) is 5.54. The quantitative estimate of drug-likeness (QED) is 0.254. The zero-order valence-corrected chi connectivity index (χ0v) is 19.4. The highest BCUT2D eigenvalue weighted by molar-refractivity contribution is 6.31. The first-order valence-corrected chi connectivity index (χ1v) is 11.1. The first-order chi connectivity index (χ1) is 16.4. The summed E-state index contributed by atoms with van der Waals surface area (Å²) in [6, 6.07) is 23.7. The van der Waals surface area contributed by atoms with E-state index in [9.17, 15) is 14.9 Å². The third-order valence-corrected chi connectivity index (χ3v) is 5.91. The summed E-state index contributed by atoms with van der Waals surface area (Å²) >= 11 is 6.33. The molecule has 4 rings (SSSR count). The molecule has 0 atom stereocenters. The zero-order chi connectivity index (χ0) is 24.1. The van der Waals surface area contributed by atoms with Crippen molar-refractivity contribution in [2.45, 2.75) is 19.5 Å². The number of hydrogen-bond acceptors (Lipinski definition) is 4. The number of hydrogen-bond donors (Lipinski definition) is 0. The van der Waals surface area contributed by atoms with Gasteiger partial charge < -0.3 is 4.90 Å². The Morgan fingerprint density at radius 3 is 2.32 bits per heavy atom. The van der Waals surface area contributed by atoms with E-state index in [-0.39, 0.29) is 18.0 Å². The Hall–Kier alpha value is -3.97. The molecule has 0 saturated heterocycles. The second kappa shape index (κ2) is 10.3. The van der Waals surface area contributed by atoms with Crippen LogP contribution >= 0.6 is 11.6 Å². The van der Waals surface area contributed by atoms with Gasteiger partial charge in [0.05, 0.1) is 23.6 Å². The summed E-state index contributed by atoms with van der Waals surface area (Å²) < 4.78 is 1.82. The van der Waals surface area contributed by atoms with Gasteiger partial charge in [0.15, 0.2) is 0 Å². The molecule has 172 valence electrons. The fraction of sp³-hybridized carbons (Fsp3) is 0.154. The maximum atomic E-state index is 12.9. The summed E-state index contributed by atoms with van der Waals surface area (Å²) in [5.41, 5.74) is 3.87. The highest BCUT2D eigenvalue weighted by atomic mass is 35.5. The Morgan fingerprint density at radius 2 is 1.62 bits per heavy atom. The molecule has 0 N–H and O–H groups in total. The minimum absolute atomic E-state index is 0.0535. The largest absolute Gasteiger partial charge is 0.341 e. The van der Waals surface area contributed by atoms with Crippen LogP contribution in [0.4, 0.5) is 5.69 Å². The smallest absolute Gasteiger partial charge is 0.273 e. The molecule has 0 bridgehead atoms. The van der Waals surface area contributed by atoms with Crippen molar-refractivity contribution in [3.8, 4) is 11.3 Å². The number of amides is 1. The number of rotatable bonds is 8. The molecule has 8 heteroatoms. The third kappa shape index (κ3) is 5.32. The Labute approximate surface area is 202 Å². The molecule has 1 heterocycles. The molecule has 4 aromatic rings. The van der Waals surface area contributed by atoms with Crippen LogP contribution in [0.15, 0.2) is 85.1 Å². The number of nitro groups is 1. The second-order valence-corrected chi connectivity index (χ2v) is 8.38. The molecule has 0 saturated carbocycles. The van der Waals surface area contributed by atoms with Gasteiger partial charge in [0.1, 0.15) is 0 Å². The molecule has 34 heavy (non-hydrogen) atoms. The van der Waals surface area contributed by atoms with Crippen LogP contribution in [-0.4, -0.2) is 32.6 Å². The minimum Gasteiger partial charge on any atom is -0.341 e. The van der Waals surface area contributed by atoms with Gasteiger partial charge in [0.25, 0.3) is 5.69 Å². The van der Waals surface area contributed by atoms with Crippen molar-refractivity contribution in [3.63, 3.8) is 0 Å². The number of nitro benzene ring substituents is 1. The molecular weight excluding hydrogens is 452 g/mol. The van der Waals surface area contributed by atoms with Gasteiger partial charge in [-0.3, -0.25) is 19.6 Å². The average molecular weight is 475 g/mol. The lowest BCUT2D eigenvalue weighted by Crippen LogP contribution is -2.28. The molecule has 0 aliphatic carbocycles. The fourth-order valence-electron chi connectivity index (χ4n) is 3.78. The van der Waals surface area contributed by atoms with Gasteiger partial charge >= 0.3 is 0 Å². The molecule has 0 spiro atoms. The van der Waals surface area contributed by atoms with Gasteiger partial charge in [-0.25, -0.2) is 0 Å². The van der Waals surface area contributed by atoms with E-state index >= 15 is 0 Å². The van der Waals surface area contributed by atoms with Gasteiger partial charge in [-0.15, -0.1) is 0 Å². The summed E-state index contributed by atoms with van der Waals surface area (Å²) in [5.74, 6) is -0.216. The number of carbonyl (C=O) groups excluding carboxylic acids is 1. The van der Waals surface area contributed by atoms with Crippen molar-refractivity contribution >= 4 is 23.2 Å². The van der Waals surface area contributed by atoms with Crippen molar-refractivity contribution < 1.29 is 9.72 Å². The van der Waals surface area contributed by atoms with E-state index in [2.05, 4.69) is 0 Å². The van der Waals surface area contributed by atoms with Crippen molar-refractivity contribution in [2.24, 2.45) is 0 Å². The normalized spacial score (nSPS) is 10.8. The van der Waals surface area contributed by atoms with E-state index < -0.39 is 4.92 Å². The maximum absolute atomic E-state index is 12.9. The number of para-hydroxylation sites is 1. The van der Waals surface area contributed by atoms with Gasteiger partial charge in [-0.05, 0) is 11.6 Å². The predicted molar refractivity (Wildman–Crippen MR) is 131 cm³/mol. The maximum Gasteiger partial charge on any atom is 0.273 e. The van der Waals surface area contributed by atoms with Gasteiger partial charge in [-0.1, -0.05) is 78.3 Å². The lowest BCUT2D eigenvalue weighted by Gasteiger charge is -2.17. The van der Waals surface area contributed by atoms with Gasteiger partial charge in [0.2, 0.25) is 5.91 Å². The summed E-state index contributed by atoms with van der Waals surface area (Å²) in [6.45, 7) is 0.805. The number of benzene rings is 3. The van der Waals surface area contributed by atoms with Gasteiger partial charge in [0, 0.05) is 47.6 Å². The summed E-state index contributed by atoms with van der Waals surface area (Å²) in [7, 11) is 1.69. The van der Waals surface area contributed by atoms with E-state index in [0.717, 1.165) is 22.4 Å². The predicted octanol–water partition coefficient (Wildman–Crippen LogP) is 5.36. The van der Waals surface area contributed by atoms with Crippen molar-refractivity contribution in [1.29, 1.82) is 0 Å². The molecule has 1 amide bonds. The lowest BCUT2D eigenvalue weighted by molar-refractivity contribution is -0.385. The standard InChI is InChI=1S/C26H23ClN4O3/c1-29(25(32)15-20-11-6-8-14-24(20)31(33)34)16-22-18-30(17-21-12-5-7-13-23(21)27)28-26(22)19-9-3-2-4-10-19/h2-14,18H,15-17H2,1H3. The first kappa shape index (κ1) is 23.2. The zero-order valence-electron chi connectivity index (χ0n) is 18.6. The van der Waals surface area contributed by atoms with Crippen LogP contribution in [0.25, 0.3) is 11.3 Å². The molecule has 0 aliphatic heterocycles. The molecule has 0 unspecified atom stereocenters. The average Bonchev–Trinajstić information content (AvgIpc) is 3.23. The number of carbonyl (C=O) groups is 1. The van der Waals surface area contributed by atoms with Crippen LogP contribution in [-0.2, 0) is 24.3 Å². The molecule has 7 nitrogen and oxygen atoms in total. The second-order valence-electron chi connectivity index (χ2n) is 7.97. The summed E-state index contributed by atoms with van der Waals surface area (Å²) in [4.78, 5) is 25.3. The Bertz CT molecular complexity index is 1320. The van der Waals surface area contributed by atoms with Crippen LogP contribution in [0, 0.1) is 10.1 Å². The molecule has 3 aromatic carbocycles. The number of aromatic nitrogens is 2. The number of nitrogens with zero attached hydrogens (tertiary/aromatic N) is 4. The molecule has 0 fully saturated rings. The van der Waals surface area contributed by atoms with Crippen molar-refractivity contribution in [2.75, 3.05) is 7.05 Å². The van der Waals surface area contributed by atoms with Crippen molar-refractivity contribution in [1.82, 2.24) is 14.7 Å². The molecule has 0 aliphatic rings. The molecule has 0 radical (unpaired) electrons. The number of likely N-dealkylation sites (N-methyl/N-ethyl adjacent to an activating group) is 1. The Morgan fingerprint density at radius 1 is 0.971 bits per heavy atom. The highest BCUT2D eigenvalue weighted by Crippen LogP contribution is 2.25. The first-order valence-electron chi connectivity index (χ1n) is 10.7. The van der Waals surface area contributed by atoms with E-state index in [4.69, 9.17) is 16.7 Å². The van der Waals surface area contributed by atoms with E-state index in [1.165, 1.54) is 6.07 Å². The SMILES string of the molecule is CN(Cc1cn(Cc2ccccc2Cl)nc1-c1ccccc1)C(=O)Cc1ccccc1[N+](=O)[O-]. The monoisotopic (exact) mass is 474 g/mol. The van der Waals surface area contributed by atoms with Crippen LogP contribution in [0.1, 0.15) is 16.7 Å². The fourth-order valence-corrected chi connectivity index (χ4v) is 3.98. The van der Waals surface area contributed by atoms with Crippen LogP contribution in [0.3, 0.4) is 0 Å². The van der Waals surface area contributed by atoms with Crippen molar-refractivity contribution in [3.05, 3.63) is 117 Å². The topological polar surface area (TPSA) is 81.3 Å². The summed E-state index contributed by atoms with van der Waals surface area (Å²) in [6.07, 6.45) is 1.86. The molecular formula is C26H23ClN4O3. The van der Waals surface area contributed by atoms with Crippen LogP contribution < -0.4 is 0 Å². The Balaban J connectivity index is 1.59. The van der Waals surface area contributed by atoms with E-state index in [0.29, 0.717) is 23.7 Å². The minimum atomic E-state index is -0.463. The van der Waals surface area contributed by atoms with Crippen LogP contribution in [0.5, 0.6) is 0 Å². The van der Waals surface area contributed by atoms with Crippen LogP contribution in [0.2, 0.25) is 5.02 Å². The van der Waals surface area contributed by atoms with E-state index in [1.54, 1.807) is 30.1 Å². The lowest BCUT2D eigenvalue weighted by atomic mass is 10.1. The molecule has 1 aromatic heterocycles. The summed E-state index contributed by atoms with van der Waals surface area (Å²) in [5, 5.41) is 16.7.